The zero-order valence-electron chi connectivity index (χ0n) is 14.3. The number of benzene rings is 3. The molecule has 132 valence electrons. The second kappa shape index (κ2) is 8.72. The molecule has 0 aliphatic heterocycles. The Morgan fingerprint density at radius 2 is 1.38 bits per heavy atom. The number of phenolic OH excluding ortho intramolecular Hbond substituents is 1. The van der Waals surface area contributed by atoms with Crippen molar-refractivity contribution in [2.45, 2.75) is 19.6 Å². The average molecular weight is 348 g/mol. The molecule has 3 rings (SSSR count). The lowest BCUT2D eigenvalue weighted by Crippen LogP contribution is -2.01. The monoisotopic (exact) mass is 348 g/mol. The van der Waals surface area contributed by atoms with E-state index in [4.69, 9.17) is 9.47 Å². The Balaban J connectivity index is 1.78. The van der Waals surface area contributed by atoms with Crippen LogP contribution in [0.5, 0.6) is 17.2 Å². The Morgan fingerprint density at radius 1 is 0.808 bits per heavy atom. The number of phenols is 1. The second-order valence-electron chi connectivity index (χ2n) is 5.84. The Bertz CT molecular complexity index is 845. The van der Waals surface area contributed by atoms with Gasteiger partial charge in [0.2, 0.25) is 0 Å². The highest BCUT2D eigenvalue weighted by atomic mass is 16.5. The number of hydrogen-bond donors (Lipinski definition) is 1. The summed E-state index contributed by atoms with van der Waals surface area (Å²) in [7, 11) is 0. The van der Waals surface area contributed by atoms with Crippen LogP contribution in [0.25, 0.3) is 0 Å². The van der Waals surface area contributed by atoms with E-state index < -0.39 is 0 Å². The highest BCUT2D eigenvalue weighted by Gasteiger charge is 2.13. The minimum atomic E-state index is -0.00859. The Kier molecular flexibility index (Phi) is 5.88. The summed E-state index contributed by atoms with van der Waals surface area (Å²) in [5.41, 5.74) is 2.48. The maximum Gasteiger partial charge on any atom is 0.130 e. The standard InChI is InChI=1S/C22H20O4/c23-12-11-20-21(24)13-19(25-15-17-7-3-1-4-8-17)14-22(20)26-16-18-9-5-2-6-10-18/h1-10,12-14,24H,11,15-16H2. The summed E-state index contributed by atoms with van der Waals surface area (Å²) >= 11 is 0. The van der Waals surface area contributed by atoms with Crippen molar-refractivity contribution in [3.8, 4) is 17.2 Å². The summed E-state index contributed by atoms with van der Waals surface area (Å²) in [6.07, 6.45) is 0.823. The summed E-state index contributed by atoms with van der Waals surface area (Å²) in [6.45, 7) is 0.722. The van der Waals surface area contributed by atoms with Gasteiger partial charge in [-0.1, -0.05) is 60.7 Å². The largest absolute Gasteiger partial charge is 0.507 e. The molecule has 0 atom stereocenters. The van der Waals surface area contributed by atoms with Crippen molar-refractivity contribution >= 4 is 6.29 Å². The van der Waals surface area contributed by atoms with Gasteiger partial charge >= 0.3 is 0 Å². The van der Waals surface area contributed by atoms with Crippen LogP contribution in [0.2, 0.25) is 0 Å². The fourth-order valence-electron chi connectivity index (χ4n) is 2.58. The SMILES string of the molecule is O=CCc1c(O)cc(OCc2ccccc2)cc1OCc1ccccc1. The molecule has 0 fully saturated rings. The molecule has 0 radical (unpaired) electrons. The third-order valence-electron chi connectivity index (χ3n) is 3.93. The van der Waals surface area contributed by atoms with Gasteiger partial charge in [0.25, 0.3) is 0 Å². The van der Waals surface area contributed by atoms with E-state index in [9.17, 15) is 9.90 Å². The number of carbonyl (C=O) groups excluding carboxylic acids is 1. The van der Waals surface area contributed by atoms with Crippen LogP contribution in [0.4, 0.5) is 0 Å². The minimum Gasteiger partial charge on any atom is -0.507 e. The van der Waals surface area contributed by atoms with Crippen LogP contribution in [0.3, 0.4) is 0 Å². The summed E-state index contributed by atoms with van der Waals surface area (Å²) in [6, 6.07) is 22.7. The number of aromatic hydroxyl groups is 1. The predicted octanol–water partition coefficient (Wildman–Crippen LogP) is 4.29. The van der Waals surface area contributed by atoms with E-state index >= 15 is 0 Å². The molecule has 0 aromatic heterocycles. The fraction of sp³-hybridized carbons (Fsp3) is 0.136. The normalized spacial score (nSPS) is 10.3. The van der Waals surface area contributed by atoms with Crippen LogP contribution in [-0.4, -0.2) is 11.4 Å². The number of rotatable bonds is 8. The van der Waals surface area contributed by atoms with E-state index in [2.05, 4.69) is 0 Å². The Hall–Kier alpha value is -3.27. The lowest BCUT2D eigenvalue weighted by atomic mass is 10.1. The first-order valence-corrected chi connectivity index (χ1v) is 8.39. The van der Waals surface area contributed by atoms with Crippen LogP contribution in [0.1, 0.15) is 16.7 Å². The fourth-order valence-corrected chi connectivity index (χ4v) is 2.58. The molecule has 3 aromatic rings. The van der Waals surface area contributed by atoms with E-state index in [1.807, 2.05) is 60.7 Å². The van der Waals surface area contributed by atoms with Gasteiger partial charge in [-0.25, -0.2) is 0 Å². The molecule has 0 aliphatic rings. The zero-order chi connectivity index (χ0) is 18.2. The maximum atomic E-state index is 11.0. The van der Waals surface area contributed by atoms with Crippen molar-refractivity contribution in [2.24, 2.45) is 0 Å². The summed E-state index contributed by atoms with van der Waals surface area (Å²) in [5.74, 6) is 0.929. The molecule has 0 amide bonds. The van der Waals surface area contributed by atoms with Gasteiger partial charge in [-0.2, -0.15) is 0 Å². The molecule has 0 saturated carbocycles. The third kappa shape index (κ3) is 4.63. The topological polar surface area (TPSA) is 55.8 Å². The van der Waals surface area contributed by atoms with Crippen molar-refractivity contribution in [1.29, 1.82) is 0 Å². The molecule has 0 unspecified atom stereocenters. The molecule has 4 heteroatoms. The molecule has 0 saturated heterocycles. The maximum absolute atomic E-state index is 11.0. The van der Waals surface area contributed by atoms with Gasteiger partial charge < -0.3 is 19.4 Å². The van der Waals surface area contributed by atoms with Gasteiger partial charge in [-0.05, 0) is 11.1 Å². The smallest absolute Gasteiger partial charge is 0.130 e. The van der Waals surface area contributed by atoms with E-state index in [-0.39, 0.29) is 12.2 Å². The summed E-state index contributed by atoms with van der Waals surface area (Å²) in [4.78, 5) is 11.0. The van der Waals surface area contributed by atoms with Gasteiger partial charge in [-0.3, -0.25) is 0 Å². The first-order chi connectivity index (χ1) is 12.8. The highest BCUT2D eigenvalue weighted by Crippen LogP contribution is 2.34. The molecule has 0 aliphatic carbocycles. The number of carbonyl (C=O) groups is 1. The van der Waals surface area contributed by atoms with E-state index in [0.717, 1.165) is 17.4 Å². The first kappa shape index (κ1) is 17.5. The van der Waals surface area contributed by atoms with Crippen molar-refractivity contribution in [2.75, 3.05) is 0 Å². The van der Waals surface area contributed by atoms with Gasteiger partial charge in [0, 0.05) is 24.1 Å². The lowest BCUT2D eigenvalue weighted by molar-refractivity contribution is -0.107. The zero-order valence-corrected chi connectivity index (χ0v) is 14.3. The lowest BCUT2D eigenvalue weighted by Gasteiger charge is -2.15. The second-order valence-corrected chi connectivity index (χ2v) is 5.84. The van der Waals surface area contributed by atoms with Crippen molar-refractivity contribution < 1.29 is 19.4 Å². The molecule has 26 heavy (non-hydrogen) atoms. The molecule has 4 nitrogen and oxygen atoms in total. The van der Waals surface area contributed by atoms with Crippen LogP contribution >= 0.6 is 0 Å². The van der Waals surface area contributed by atoms with E-state index in [1.54, 1.807) is 6.07 Å². The Labute approximate surface area is 152 Å². The van der Waals surface area contributed by atoms with E-state index in [1.165, 1.54) is 6.07 Å². The molecule has 3 aromatic carbocycles. The molecule has 1 N–H and O–H groups in total. The molecule has 0 heterocycles. The van der Waals surface area contributed by atoms with Gasteiger partial charge in [0.15, 0.2) is 0 Å². The highest BCUT2D eigenvalue weighted by molar-refractivity contribution is 5.62. The van der Waals surface area contributed by atoms with Crippen LogP contribution in [-0.2, 0) is 24.4 Å². The van der Waals surface area contributed by atoms with Crippen molar-refractivity contribution in [1.82, 2.24) is 0 Å². The third-order valence-corrected chi connectivity index (χ3v) is 3.93. The van der Waals surface area contributed by atoms with Crippen LogP contribution < -0.4 is 9.47 Å². The predicted molar refractivity (Wildman–Crippen MR) is 99.4 cm³/mol. The quantitative estimate of drug-likeness (QED) is 0.617. The number of ether oxygens (including phenoxy) is 2. The summed E-state index contributed by atoms with van der Waals surface area (Å²) in [5, 5.41) is 10.3. The van der Waals surface area contributed by atoms with Gasteiger partial charge in [0.1, 0.15) is 36.7 Å². The first-order valence-electron chi connectivity index (χ1n) is 8.39. The number of aldehydes is 1. The minimum absolute atomic E-state index is 0.00859. The van der Waals surface area contributed by atoms with Crippen LogP contribution in [0.15, 0.2) is 72.8 Å². The van der Waals surface area contributed by atoms with Crippen molar-refractivity contribution in [3.05, 3.63) is 89.5 Å². The van der Waals surface area contributed by atoms with Crippen molar-refractivity contribution in [3.63, 3.8) is 0 Å². The van der Waals surface area contributed by atoms with Gasteiger partial charge in [-0.15, -0.1) is 0 Å². The average Bonchev–Trinajstić information content (AvgIpc) is 2.68. The molecular weight excluding hydrogens is 328 g/mol. The molecular formula is C22H20O4. The molecule has 0 bridgehead atoms. The van der Waals surface area contributed by atoms with Gasteiger partial charge in [0.05, 0.1) is 0 Å². The summed E-state index contributed by atoms with van der Waals surface area (Å²) < 4.78 is 11.6. The van der Waals surface area contributed by atoms with Crippen LogP contribution in [0, 0.1) is 0 Å². The Morgan fingerprint density at radius 3 is 1.96 bits per heavy atom. The molecule has 0 spiro atoms. The number of hydrogen-bond acceptors (Lipinski definition) is 4. The van der Waals surface area contributed by atoms with E-state index in [0.29, 0.717) is 30.3 Å².